The Morgan fingerprint density at radius 3 is 2.83 bits per heavy atom. The number of nitrogens with zero attached hydrogens (tertiary/aromatic N) is 1. The molecule has 0 radical (unpaired) electrons. The van der Waals surface area contributed by atoms with Crippen LogP contribution in [0, 0.1) is 0 Å². The molecule has 2 N–H and O–H groups in total. The molecule has 2 unspecified atom stereocenters. The van der Waals surface area contributed by atoms with Crippen molar-refractivity contribution in [2.24, 2.45) is 0 Å². The van der Waals surface area contributed by atoms with Crippen LogP contribution in [0.5, 0.6) is 0 Å². The lowest BCUT2D eigenvalue weighted by Gasteiger charge is -2.32. The van der Waals surface area contributed by atoms with Crippen molar-refractivity contribution in [3.63, 3.8) is 0 Å². The Hall–Kier alpha value is -2.12. The summed E-state index contributed by atoms with van der Waals surface area (Å²) in [5.74, 6) is -0.882. The van der Waals surface area contributed by atoms with Gasteiger partial charge in [0.25, 0.3) is 0 Å². The highest BCUT2D eigenvalue weighted by molar-refractivity contribution is 5.73. The topological polar surface area (TPSA) is 88.1 Å². The van der Waals surface area contributed by atoms with Crippen LogP contribution in [-0.4, -0.2) is 60.5 Å². The van der Waals surface area contributed by atoms with Gasteiger partial charge in [0, 0.05) is 13.1 Å². The Balaban J connectivity index is 1.77. The Morgan fingerprint density at radius 2 is 2.17 bits per heavy atom. The average Bonchev–Trinajstić information content (AvgIpc) is 2.61. The normalized spacial score (nSPS) is 18.9. The third kappa shape index (κ3) is 5.50. The van der Waals surface area contributed by atoms with Crippen LogP contribution in [0.1, 0.15) is 18.9 Å². The fourth-order valence-corrected chi connectivity index (χ4v) is 2.50. The SMILES string of the molecule is CCC(NCC1CN(C(=O)OCc2ccccc2)CCO1)C(=O)O. The van der Waals surface area contributed by atoms with E-state index >= 15 is 0 Å². The van der Waals surface area contributed by atoms with Gasteiger partial charge in [-0.1, -0.05) is 37.3 Å². The summed E-state index contributed by atoms with van der Waals surface area (Å²) in [6, 6.07) is 8.89. The summed E-state index contributed by atoms with van der Waals surface area (Å²) in [5.41, 5.74) is 0.935. The second-order valence-corrected chi connectivity index (χ2v) is 5.69. The second kappa shape index (κ2) is 9.24. The Morgan fingerprint density at radius 1 is 1.42 bits per heavy atom. The average molecular weight is 336 g/mol. The van der Waals surface area contributed by atoms with Crippen molar-refractivity contribution in [2.75, 3.05) is 26.2 Å². The number of hydrogen-bond donors (Lipinski definition) is 2. The van der Waals surface area contributed by atoms with Gasteiger partial charge in [-0.25, -0.2) is 4.79 Å². The number of carboxylic acids is 1. The molecule has 1 fully saturated rings. The van der Waals surface area contributed by atoms with Crippen molar-refractivity contribution in [2.45, 2.75) is 32.1 Å². The molecule has 0 aliphatic carbocycles. The molecule has 1 aromatic carbocycles. The van der Waals surface area contributed by atoms with Gasteiger partial charge in [0.05, 0.1) is 19.3 Å². The molecule has 0 saturated carbocycles. The number of morpholine rings is 1. The molecule has 0 bridgehead atoms. The summed E-state index contributed by atoms with van der Waals surface area (Å²) in [5, 5.41) is 12.0. The molecule has 132 valence electrons. The third-order valence-corrected chi connectivity index (χ3v) is 3.90. The molecule has 24 heavy (non-hydrogen) atoms. The fourth-order valence-electron chi connectivity index (χ4n) is 2.50. The van der Waals surface area contributed by atoms with Gasteiger partial charge in [0.2, 0.25) is 0 Å². The molecule has 0 aromatic heterocycles. The summed E-state index contributed by atoms with van der Waals surface area (Å²) >= 11 is 0. The van der Waals surface area contributed by atoms with Gasteiger partial charge in [0.1, 0.15) is 12.6 Å². The van der Waals surface area contributed by atoms with Gasteiger partial charge in [-0.2, -0.15) is 0 Å². The zero-order valence-electron chi connectivity index (χ0n) is 13.8. The van der Waals surface area contributed by atoms with Crippen molar-refractivity contribution in [1.82, 2.24) is 10.2 Å². The number of aliphatic carboxylic acids is 1. The molecular weight excluding hydrogens is 312 g/mol. The molecule has 1 amide bonds. The monoisotopic (exact) mass is 336 g/mol. The Kier molecular flexibility index (Phi) is 7.02. The van der Waals surface area contributed by atoms with Crippen molar-refractivity contribution in [1.29, 1.82) is 0 Å². The first-order valence-electron chi connectivity index (χ1n) is 8.13. The number of carbonyl (C=O) groups excluding carboxylic acids is 1. The molecule has 1 saturated heterocycles. The van der Waals surface area contributed by atoms with Crippen LogP contribution in [0.25, 0.3) is 0 Å². The van der Waals surface area contributed by atoms with E-state index in [9.17, 15) is 9.59 Å². The predicted molar refractivity (Wildman–Crippen MR) is 87.7 cm³/mol. The number of ether oxygens (including phenoxy) is 2. The smallest absolute Gasteiger partial charge is 0.410 e. The molecule has 1 aromatic rings. The van der Waals surface area contributed by atoms with E-state index < -0.39 is 12.0 Å². The van der Waals surface area contributed by atoms with Crippen LogP contribution in [0.3, 0.4) is 0 Å². The maximum Gasteiger partial charge on any atom is 0.410 e. The van der Waals surface area contributed by atoms with E-state index in [1.165, 1.54) is 0 Å². The van der Waals surface area contributed by atoms with Gasteiger partial charge in [0.15, 0.2) is 0 Å². The standard InChI is InChI=1S/C17H24N2O5/c1-2-15(16(20)21)18-10-14-11-19(8-9-23-14)17(22)24-12-13-6-4-3-5-7-13/h3-7,14-15,18H,2,8-12H2,1H3,(H,20,21). The highest BCUT2D eigenvalue weighted by atomic mass is 16.6. The van der Waals surface area contributed by atoms with Crippen molar-refractivity contribution in [3.05, 3.63) is 35.9 Å². The summed E-state index contributed by atoms with van der Waals surface area (Å²) in [6.45, 7) is 3.69. The molecule has 2 atom stereocenters. The lowest BCUT2D eigenvalue weighted by atomic mass is 10.2. The molecule has 2 rings (SSSR count). The van der Waals surface area contributed by atoms with E-state index in [0.717, 1.165) is 5.56 Å². The van der Waals surface area contributed by atoms with Crippen LogP contribution in [0.2, 0.25) is 0 Å². The highest BCUT2D eigenvalue weighted by Crippen LogP contribution is 2.09. The number of nitrogens with one attached hydrogen (secondary N) is 1. The summed E-state index contributed by atoms with van der Waals surface area (Å²) in [6.07, 6.45) is -0.126. The highest BCUT2D eigenvalue weighted by Gasteiger charge is 2.26. The van der Waals surface area contributed by atoms with Gasteiger partial charge in [-0.15, -0.1) is 0 Å². The molecule has 7 nitrogen and oxygen atoms in total. The quantitative estimate of drug-likeness (QED) is 0.784. The van der Waals surface area contributed by atoms with Crippen LogP contribution in [0.15, 0.2) is 30.3 Å². The van der Waals surface area contributed by atoms with E-state index in [2.05, 4.69) is 5.32 Å². The number of amides is 1. The number of rotatable bonds is 7. The maximum atomic E-state index is 12.2. The number of carboxylic acid groups (broad SMARTS) is 1. The minimum Gasteiger partial charge on any atom is -0.480 e. The first-order chi connectivity index (χ1) is 11.6. The molecular formula is C17H24N2O5. The van der Waals surface area contributed by atoms with E-state index in [-0.39, 0.29) is 18.8 Å². The molecule has 7 heteroatoms. The summed E-state index contributed by atoms with van der Waals surface area (Å²) in [4.78, 5) is 24.8. The number of carbonyl (C=O) groups is 2. The molecule has 1 aliphatic heterocycles. The maximum absolute atomic E-state index is 12.2. The molecule has 1 heterocycles. The minimum absolute atomic E-state index is 0.233. The zero-order chi connectivity index (χ0) is 17.4. The largest absolute Gasteiger partial charge is 0.480 e. The summed E-state index contributed by atoms with van der Waals surface area (Å²) < 4.78 is 10.9. The number of benzene rings is 1. The van der Waals surface area contributed by atoms with Crippen molar-refractivity contribution < 1.29 is 24.2 Å². The Bertz CT molecular complexity index is 537. The lowest BCUT2D eigenvalue weighted by Crippen LogP contribution is -2.51. The zero-order valence-corrected chi connectivity index (χ0v) is 13.8. The second-order valence-electron chi connectivity index (χ2n) is 5.69. The fraction of sp³-hybridized carbons (Fsp3) is 0.529. The van der Waals surface area contributed by atoms with Gasteiger partial charge < -0.3 is 24.8 Å². The van der Waals surface area contributed by atoms with Crippen LogP contribution < -0.4 is 5.32 Å². The van der Waals surface area contributed by atoms with Gasteiger partial charge >= 0.3 is 12.1 Å². The minimum atomic E-state index is -0.882. The lowest BCUT2D eigenvalue weighted by molar-refractivity contribution is -0.139. The Labute approximate surface area is 141 Å². The van der Waals surface area contributed by atoms with Crippen molar-refractivity contribution in [3.8, 4) is 0 Å². The third-order valence-electron chi connectivity index (χ3n) is 3.90. The van der Waals surface area contributed by atoms with Crippen molar-refractivity contribution >= 4 is 12.1 Å². The van der Waals surface area contributed by atoms with Crippen LogP contribution in [-0.2, 0) is 20.9 Å². The first kappa shape index (κ1) is 18.2. The van der Waals surface area contributed by atoms with E-state index in [4.69, 9.17) is 14.6 Å². The van der Waals surface area contributed by atoms with Crippen LogP contribution >= 0.6 is 0 Å². The van der Waals surface area contributed by atoms with E-state index in [1.807, 2.05) is 30.3 Å². The van der Waals surface area contributed by atoms with Gasteiger partial charge in [-0.05, 0) is 12.0 Å². The van der Waals surface area contributed by atoms with Gasteiger partial charge in [-0.3, -0.25) is 4.79 Å². The summed E-state index contributed by atoms with van der Waals surface area (Å²) in [7, 11) is 0. The van der Waals surface area contributed by atoms with Crippen LogP contribution in [0.4, 0.5) is 4.79 Å². The predicted octanol–water partition coefficient (Wildman–Crippen LogP) is 1.48. The first-order valence-corrected chi connectivity index (χ1v) is 8.13. The molecule has 0 spiro atoms. The number of hydrogen-bond acceptors (Lipinski definition) is 5. The molecule has 1 aliphatic rings. The van der Waals surface area contributed by atoms with E-state index in [1.54, 1.807) is 11.8 Å². The van der Waals surface area contributed by atoms with E-state index in [0.29, 0.717) is 32.7 Å².